The first-order chi connectivity index (χ1) is 11.8. The van der Waals surface area contributed by atoms with Crippen molar-refractivity contribution >= 4 is 31.9 Å². The molecule has 2 aromatic rings. The third kappa shape index (κ3) is 5.29. The molecule has 0 aromatic heterocycles. The normalized spacial score (nSPS) is 11.4. The Labute approximate surface area is 155 Å². The summed E-state index contributed by atoms with van der Waals surface area (Å²) in [7, 11) is -0.621. The van der Waals surface area contributed by atoms with E-state index in [9.17, 15) is 13.2 Å². The Kier molecular flexibility index (Phi) is 6.57. The molecule has 0 aliphatic rings. The molecule has 0 aliphatic carbocycles. The second-order valence-corrected chi connectivity index (χ2v) is 8.32. The highest BCUT2D eigenvalue weighted by Gasteiger charge is 2.17. The minimum absolute atomic E-state index is 0.0899. The van der Waals surface area contributed by atoms with Gasteiger partial charge >= 0.3 is 5.97 Å². The first-order valence-electron chi connectivity index (χ1n) is 7.39. The predicted molar refractivity (Wildman–Crippen MR) is 97.2 cm³/mol. The van der Waals surface area contributed by atoms with Crippen LogP contribution >= 0.6 is 15.9 Å². The van der Waals surface area contributed by atoms with Crippen molar-refractivity contribution < 1.29 is 22.7 Å². The molecule has 0 N–H and O–H groups in total. The van der Waals surface area contributed by atoms with Crippen LogP contribution in [-0.4, -0.2) is 46.0 Å². The van der Waals surface area contributed by atoms with Crippen LogP contribution in [0.5, 0.6) is 5.75 Å². The van der Waals surface area contributed by atoms with E-state index >= 15 is 0 Å². The van der Waals surface area contributed by atoms with Crippen molar-refractivity contribution in [3.05, 3.63) is 58.6 Å². The van der Waals surface area contributed by atoms with E-state index in [0.29, 0.717) is 5.75 Å². The van der Waals surface area contributed by atoms with Crippen molar-refractivity contribution in [3.8, 4) is 5.75 Å². The molecular weight excluding hydrogens is 410 g/mol. The molecule has 0 saturated heterocycles. The van der Waals surface area contributed by atoms with Gasteiger partial charge in [-0.3, -0.25) is 0 Å². The van der Waals surface area contributed by atoms with Gasteiger partial charge in [-0.25, -0.2) is 17.5 Å². The number of ether oxygens (including phenoxy) is 2. The zero-order chi connectivity index (χ0) is 18.4. The molecule has 0 spiro atoms. The summed E-state index contributed by atoms with van der Waals surface area (Å²) in [4.78, 5) is 12.1. The third-order valence-electron chi connectivity index (χ3n) is 3.27. The molecule has 0 heterocycles. The predicted octanol–water partition coefficient (Wildman–Crippen LogP) is 2.94. The second-order valence-electron chi connectivity index (χ2n) is 5.25. The fourth-order valence-electron chi connectivity index (χ4n) is 1.88. The lowest BCUT2D eigenvalue weighted by molar-refractivity contribution is 0.0450. The molecule has 0 bridgehead atoms. The minimum atomic E-state index is -3.52. The molecule has 25 heavy (non-hydrogen) atoms. The van der Waals surface area contributed by atoms with E-state index in [2.05, 4.69) is 15.9 Å². The quantitative estimate of drug-likeness (QED) is 0.501. The van der Waals surface area contributed by atoms with Gasteiger partial charge in [0.1, 0.15) is 19.0 Å². The average Bonchev–Trinajstić information content (AvgIpc) is 2.60. The van der Waals surface area contributed by atoms with E-state index in [4.69, 9.17) is 9.47 Å². The van der Waals surface area contributed by atoms with Crippen LogP contribution in [0.25, 0.3) is 0 Å². The lowest BCUT2D eigenvalue weighted by Crippen LogP contribution is -2.22. The lowest BCUT2D eigenvalue weighted by Gasteiger charge is -2.11. The zero-order valence-corrected chi connectivity index (χ0v) is 16.2. The fourth-order valence-corrected chi connectivity index (χ4v) is 3.05. The molecule has 0 unspecified atom stereocenters. The van der Waals surface area contributed by atoms with Crippen LogP contribution in [0.2, 0.25) is 0 Å². The summed E-state index contributed by atoms with van der Waals surface area (Å²) in [5.41, 5.74) is 0.279. The Morgan fingerprint density at radius 1 is 1.00 bits per heavy atom. The van der Waals surface area contributed by atoms with Crippen LogP contribution in [0.15, 0.2) is 57.9 Å². The Morgan fingerprint density at radius 2 is 1.60 bits per heavy atom. The summed E-state index contributed by atoms with van der Waals surface area (Å²) >= 11 is 3.33. The summed E-state index contributed by atoms with van der Waals surface area (Å²) in [6.45, 7) is 0.313. The number of sulfonamides is 1. The Hall–Kier alpha value is -1.90. The summed E-state index contributed by atoms with van der Waals surface area (Å²) in [5.74, 6) is 0.144. The van der Waals surface area contributed by atoms with Crippen LogP contribution in [0.3, 0.4) is 0 Å². The first-order valence-corrected chi connectivity index (χ1v) is 9.62. The van der Waals surface area contributed by atoms with E-state index in [1.165, 1.54) is 38.4 Å². The van der Waals surface area contributed by atoms with Gasteiger partial charge in [-0.05, 0) is 48.5 Å². The molecule has 0 radical (unpaired) electrons. The maximum atomic E-state index is 12.0. The highest BCUT2D eigenvalue weighted by Crippen LogP contribution is 2.16. The molecule has 134 valence electrons. The number of esters is 1. The molecule has 6 nitrogen and oxygen atoms in total. The van der Waals surface area contributed by atoms with E-state index < -0.39 is 16.0 Å². The zero-order valence-electron chi connectivity index (χ0n) is 13.8. The average molecular weight is 428 g/mol. The van der Waals surface area contributed by atoms with E-state index in [0.717, 1.165) is 8.78 Å². The van der Waals surface area contributed by atoms with Crippen molar-refractivity contribution in [1.82, 2.24) is 4.31 Å². The van der Waals surface area contributed by atoms with E-state index in [1.54, 1.807) is 12.1 Å². The fraction of sp³-hybridized carbons (Fsp3) is 0.235. The number of rotatable bonds is 7. The number of benzene rings is 2. The molecule has 8 heteroatoms. The molecule has 0 atom stereocenters. The molecule has 2 rings (SSSR count). The molecular formula is C17H18BrNO5S. The number of halogens is 1. The van der Waals surface area contributed by atoms with Crippen molar-refractivity contribution in [3.63, 3.8) is 0 Å². The number of hydrogen-bond acceptors (Lipinski definition) is 5. The molecule has 2 aromatic carbocycles. The van der Waals surface area contributed by atoms with Crippen molar-refractivity contribution in [1.29, 1.82) is 0 Å². The van der Waals surface area contributed by atoms with Crippen molar-refractivity contribution in [2.45, 2.75) is 4.90 Å². The summed E-state index contributed by atoms with van der Waals surface area (Å²) < 4.78 is 36.6. The van der Waals surface area contributed by atoms with Gasteiger partial charge in [-0.2, -0.15) is 0 Å². The minimum Gasteiger partial charge on any atom is -0.490 e. The van der Waals surface area contributed by atoms with Crippen molar-refractivity contribution in [2.24, 2.45) is 0 Å². The van der Waals surface area contributed by atoms with E-state index in [-0.39, 0.29) is 23.7 Å². The molecule has 0 amide bonds. The van der Waals surface area contributed by atoms with Gasteiger partial charge in [-0.1, -0.05) is 15.9 Å². The van der Waals surface area contributed by atoms with Gasteiger partial charge in [0.25, 0.3) is 0 Å². The maximum absolute atomic E-state index is 12.0. The van der Waals surface area contributed by atoms with Gasteiger partial charge < -0.3 is 9.47 Å². The van der Waals surface area contributed by atoms with Crippen LogP contribution < -0.4 is 4.74 Å². The van der Waals surface area contributed by atoms with Gasteiger partial charge in [0, 0.05) is 18.6 Å². The summed E-state index contributed by atoms with van der Waals surface area (Å²) in [5, 5.41) is 0. The first kappa shape index (κ1) is 19.4. The van der Waals surface area contributed by atoms with Gasteiger partial charge in [0.05, 0.1) is 10.5 Å². The lowest BCUT2D eigenvalue weighted by atomic mass is 10.2. The maximum Gasteiger partial charge on any atom is 0.338 e. The largest absolute Gasteiger partial charge is 0.490 e. The third-order valence-corrected chi connectivity index (χ3v) is 5.63. The standard InChI is InChI=1S/C17H18BrNO5S/c1-19(2)25(21,22)16-9-3-13(4-10-16)17(20)24-12-11-23-15-7-5-14(18)6-8-15/h3-10H,11-12H2,1-2H3. The Morgan fingerprint density at radius 3 is 2.16 bits per heavy atom. The number of carbonyl (C=O) groups is 1. The second kappa shape index (κ2) is 8.46. The number of hydrogen-bond donors (Lipinski definition) is 0. The van der Waals surface area contributed by atoms with Crippen LogP contribution in [-0.2, 0) is 14.8 Å². The smallest absolute Gasteiger partial charge is 0.338 e. The molecule has 0 fully saturated rings. The Bertz CT molecular complexity index is 817. The summed E-state index contributed by atoms with van der Waals surface area (Å²) in [6, 6.07) is 12.9. The van der Waals surface area contributed by atoms with Crippen LogP contribution in [0, 0.1) is 0 Å². The highest BCUT2D eigenvalue weighted by atomic mass is 79.9. The van der Waals surface area contributed by atoms with Gasteiger partial charge in [0.15, 0.2) is 0 Å². The Balaban J connectivity index is 1.85. The number of nitrogens with zero attached hydrogens (tertiary/aromatic N) is 1. The van der Waals surface area contributed by atoms with Gasteiger partial charge in [0.2, 0.25) is 10.0 Å². The monoisotopic (exact) mass is 427 g/mol. The van der Waals surface area contributed by atoms with Crippen LogP contribution in [0.4, 0.5) is 0 Å². The molecule has 0 aliphatic heterocycles. The van der Waals surface area contributed by atoms with E-state index in [1.807, 2.05) is 12.1 Å². The van der Waals surface area contributed by atoms with Crippen molar-refractivity contribution in [2.75, 3.05) is 27.3 Å². The SMILES string of the molecule is CN(C)S(=O)(=O)c1ccc(C(=O)OCCOc2ccc(Br)cc2)cc1. The topological polar surface area (TPSA) is 72.9 Å². The number of carbonyl (C=O) groups excluding carboxylic acids is 1. The molecule has 0 saturated carbocycles. The summed E-state index contributed by atoms with van der Waals surface area (Å²) in [6.07, 6.45) is 0. The highest BCUT2D eigenvalue weighted by molar-refractivity contribution is 9.10. The van der Waals surface area contributed by atoms with Gasteiger partial charge in [-0.15, -0.1) is 0 Å². The van der Waals surface area contributed by atoms with Crippen LogP contribution in [0.1, 0.15) is 10.4 Å².